The van der Waals surface area contributed by atoms with Crippen molar-refractivity contribution in [2.75, 3.05) is 34.3 Å². The average Bonchev–Trinajstić information content (AvgIpc) is 3.01. The summed E-state index contributed by atoms with van der Waals surface area (Å²) >= 11 is 0. The summed E-state index contributed by atoms with van der Waals surface area (Å²) in [6.45, 7) is 2.25. The number of aryl methyl sites for hydroxylation is 1. The van der Waals surface area contributed by atoms with Gasteiger partial charge in [-0.1, -0.05) is 12.1 Å². The topological polar surface area (TPSA) is 105 Å². The zero-order valence-electron chi connectivity index (χ0n) is 15.6. The average molecular weight is 403 g/mol. The Labute approximate surface area is 163 Å². The summed E-state index contributed by atoms with van der Waals surface area (Å²) in [7, 11) is -1.86. The Kier molecular flexibility index (Phi) is 5.55. The van der Waals surface area contributed by atoms with Gasteiger partial charge in [-0.3, -0.25) is 13.9 Å². The third-order valence-electron chi connectivity index (χ3n) is 4.30. The minimum Gasteiger partial charge on any atom is -0.495 e. The number of benzene rings is 2. The number of hydrogen-bond donors (Lipinski definition) is 2. The van der Waals surface area contributed by atoms with Crippen molar-refractivity contribution < 1.29 is 22.7 Å². The van der Waals surface area contributed by atoms with Crippen LogP contribution in [0.5, 0.6) is 5.75 Å². The molecule has 0 unspecified atom stereocenters. The van der Waals surface area contributed by atoms with E-state index in [4.69, 9.17) is 4.74 Å². The van der Waals surface area contributed by atoms with E-state index in [1.54, 1.807) is 30.3 Å². The number of ether oxygens (including phenoxy) is 1. The molecule has 0 spiro atoms. The van der Waals surface area contributed by atoms with E-state index in [1.807, 2.05) is 13.0 Å². The zero-order chi connectivity index (χ0) is 20.3. The Morgan fingerprint density at radius 1 is 1.07 bits per heavy atom. The maximum atomic E-state index is 12.3. The molecule has 2 N–H and O–H groups in total. The van der Waals surface area contributed by atoms with Crippen molar-refractivity contribution in [2.24, 2.45) is 0 Å². The first kappa shape index (κ1) is 19.7. The molecule has 0 bridgehead atoms. The minimum absolute atomic E-state index is 0.102. The number of nitrogens with one attached hydrogen (secondary N) is 2. The lowest BCUT2D eigenvalue weighted by atomic mass is 10.2. The van der Waals surface area contributed by atoms with E-state index in [-0.39, 0.29) is 5.75 Å². The molecule has 1 aliphatic heterocycles. The third-order valence-corrected chi connectivity index (χ3v) is 6.17. The second-order valence-corrected chi connectivity index (χ2v) is 8.42. The number of methoxy groups -OCH3 is 1. The van der Waals surface area contributed by atoms with Crippen LogP contribution in [0, 0.1) is 6.92 Å². The Morgan fingerprint density at radius 2 is 1.82 bits per heavy atom. The van der Waals surface area contributed by atoms with Gasteiger partial charge in [-0.05, 0) is 49.2 Å². The number of sulfonamides is 1. The van der Waals surface area contributed by atoms with Crippen molar-refractivity contribution in [3.63, 3.8) is 0 Å². The van der Waals surface area contributed by atoms with Gasteiger partial charge in [0, 0.05) is 12.2 Å². The Morgan fingerprint density at radius 3 is 2.50 bits per heavy atom. The summed E-state index contributed by atoms with van der Waals surface area (Å²) in [5, 5.41) is 5.01. The lowest BCUT2D eigenvalue weighted by Crippen LogP contribution is -2.29. The molecule has 28 heavy (non-hydrogen) atoms. The van der Waals surface area contributed by atoms with Gasteiger partial charge in [-0.15, -0.1) is 0 Å². The van der Waals surface area contributed by atoms with Gasteiger partial charge in [0.1, 0.15) is 5.75 Å². The fourth-order valence-corrected chi connectivity index (χ4v) is 4.51. The first-order valence-corrected chi connectivity index (χ1v) is 10.3. The summed E-state index contributed by atoms with van der Waals surface area (Å²) in [5.74, 6) is -1.19. The summed E-state index contributed by atoms with van der Waals surface area (Å²) < 4.78 is 30.6. The van der Waals surface area contributed by atoms with Crippen molar-refractivity contribution in [3.8, 4) is 5.75 Å². The lowest BCUT2D eigenvalue weighted by Gasteiger charge is -2.17. The van der Waals surface area contributed by atoms with Crippen LogP contribution in [0.3, 0.4) is 0 Å². The van der Waals surface area contributed by atoms with Gasteiger partial charge in [-0.2, -0.15) is 0 Å². The minimum atomic E-state index is -3.33. The van der Waals surface area contributed by atoms with E-state index in [0.717, 1.165) is 5.56 Å². The smallest absolute Gasteiger partial charge is 0.314 e. The van der Waals surface area contributed by atoms with Gasteiger partial charge in [-0.25, -0.2) is 8.42 Å². The quantitative estimate of drug-likeness (QED) is 0.761. The van der Waals surface area contributed by atoms with Gasteiger partial charge in [0.25, 0.3) is 0 Å². The Bertz CT molecular complexity index is 1020. The van der Waals surface area contributed by atoms with E-state index in [2.05, 4.69) is 10.6 Å². The second-order valence-electron chi connectivity index (χ2n) is 6.40. The maximum Gasteiger partial charge on any atom is 0.314 e. The number of hydrogen-bond acceptors (Lipinski definition) is 5. The molecule has 0 aromatic heterocycles. The summed E-state index contributed by atoms with van der Waals surface area (Å²) in [6, 6.07) is 11.6. The summed E-state index contributed by atoms with van der Waals surface area (Å²) in [6.07, 6.45) is 0.555. The molecule has 2 aromatic rings. The monoisotopic (exact) mass is 403 g/mol. The van der Waals surface area contributed by atoms with E-state index in [0.29, 0.717) is 35.8 Å². The number of amides is 2. The highest BCUT2D eigenvalue weighted by Crippen LogP contribution is 2.27. The molecule has 1 heterocycles. The molecule has 1 fully saturated rings. The van der Waals surface area contributed by atoms with E-state index >= 15 is 0 Å². The van der Waals surface area contributed by atoms with Crippen LogP contribution in [0.25, 0.3) is 0 Å². The SMILES string of the molecule is COc1ccc(C)cc1NC(=O)C(=O)Nc1cccc(N2CCCS2(=O)=O)c1. The molecule has 0 radical (unpaired) electrons. The Balaban J connectivity index is 1.72. The third kappa shape index (κ3) is 4.25. The lowest BCUT2D eigenvalue weighted by molar-refractivity contribution is -0.133. The molecule has 0 atom stereocenters. The van der Waals surface area contributed by atoms with Crippen molar-refractivity contribution in [1.82, 2.24) is 0 Å². The largest absolute Gasteiger partial charge is 0.495 e. The van der Waals surface area contributed by atoms with E-state index in [9.17, 15) is 18.0 Å². The molecule has 0 aliphatic carbocycles. The van der Waals surface area contributed by atoms with Gasteiger partial charge in [0.05, 0.1) is 24.2 Å². The molecular weight excluding hydrogens is 382 g/mol. The van der Waals surface area contributed by atoms with Gasteiger partial charge < -0.3 is 15.4 Å². The highest BCUT2D eigenvalue weighted by atomic mass is 32.2. The molecule has 3 rings (SSSR count). The first-order valence-electron chi connectivity index (χ1n) is 8.67. The predicted molar refractivity (Wildman–Crippen MR) is 107 cm³/mol. The number of carbonyl (C=O) groups is 2. The van der Waals surface area contributed by atoms with E-state index < -0.39 is 21.8 Å². The molecule has 9 heteroatoms. The van der Waals surface area contributed by atoms with Crippen LogP contribution in [0.1, 0.15) is 12.0 Å². The van der Waals surface area contributed by atoms with Crippen molar-refractivity contribution in [1.29, 1.82) is 0 Å². The number of anilines is 3. The summed E-state index contributed by atoms with van der Waals surface area (Å²) in [4.78, 5) is 24.5. The van der Waals surface area contributed by atoms with Gasteiger partial charge in [0.15, 0.2) is 0 Å². The highest BCUT2D eigenvalue weighted by Gasteiger charge is 2.28. The van der Waals surface area contributed by atoms with Crippen LogP contribution >= 0.6 is 0 Å². The number of nitrogens with zero attached hydrogens (tertiary/aromatic N) is 1. The second kappa shape index (κ2) is 7.89. The summed E-state index contributed by atoms with van der Waals surface area (Å²) in [5.41, 5.74) is 2.07. The van der Waals surface area contributed by atoms with Crippen LogP contribution in [-0.2, 0) is 19.6 Å². The zero-order valence-corrected chi connectivity index (χ0v) is 16.4. The molecule has 2 aromatic carbocycles. The van der Waals surface area contributed by atoms with Crippen molar-refractivity contribution in [2.45, 2.75) is 13.3 Å². The maximum absolute atomic E-state index is 12.3. The van der Waals surface area contributed by atoms with E-state index in [1.165, 1.54) is 17.5 Å². The molecule has 1 aliphatic rings. The Hall–Kier alpha value is -3.07. The molecule has 1 saturated heterocycles. The molecule has 0 saturated carbocycles. The predicted octanol–water partition coefficient (Wildman–Crippen LogP) is 2.12. The fourth-order valence-electron chi connectivity index (χ4n) is 2.95. The van der Waals surface area contributed by atoms with Crippen molar-refractivity contribution >= 4 is 38.9 Å². The molecule has 8 nitrogen and oxygen atoms in total. The fraction of sp³-hybridized carbons (Fsp3) is 0.263. The van der Waals surface area contributed by atoms with Crippen LogP contribution in [-0.4, -0.2) is 39.6 Å². The highest BCUT2D eigenvalue weighted by molar-refractivity contribution is 7.93. The van der Waals surface area contributed by atoms with Crippen LogP contribution < -0.4 is 19.7 Å². The molecule has 2 amide bonds. The number of rotatable bonds is 4. The number of carbonyl (C=O) groups excluding carboxylic acids is 2. The normalized spacial score (nSPS) is 15.1. The van der Waals surface area contributed by atoms with Crippen LogP contribution in [0.15, 0.2) is 42.5 Å². The van der Waals surface area contributed by atoms with Crippen molar-refractivity contribution in [3.05, 3.63) is 48.0 Å². The van der Waals surface area contributed by atoms with Crippen LogP contribution in [0.2, 0.25) is 0 Å². The molecule has 148 valence electrons. The van der Waals surface area contributed by atoms with Gasteiger partial charge in [0.2, 0.25) is 10.0 Å². The van der Waals surface area contributed by atoms with Gasteiger partial charge >= 0.3 is 11.8 Å². The molecular formula is C19H21N3O5S. The standard InChI is InChI=1S/C19H21N3O5S/c1-13-7-8-17(27-2)16(11-13)21-19(24)18(23)20-14-5-3-6-15(12-14)22-9-4-10-28(22,25)26/h3,5-8,11-12H,4,9-10H2,1-2H3,(H,20,23)(H,21,24). The first-order chi connectivity index (χ1) is 13.3. The van der Waals surface area contributed by atoms with Crippen LogP contribution in [0.4, 0.5) is 17.1 Å².